The number of methoxy groups -OCH3 is 1. The molecule has 2 aromatic carbocycles. The highest BCUT2D eigenvalue weighted by Gasteiger charge is 2.11. The van der Waals surface area contributed by atoms with Gasteiger partial charge in [0, 0.05) is 5.56 Å². The molecule has 1 aromatic heterocycles. The van der Waals surface area contributed by atoms with E-state index in [4.69, 9.17) is 4.74 Å². The molecule has 0 fully saturated rings. The molecule has 1 atom stereocenters. The predicted octanol–water partition coefficient (Wildman–Crippen LogP) is 2.77. The van der Waals surface area contributed by atoms with Gasteiger partial charge in [-0.2, -0.15) is 5.10 Å². The fraction of sp³-hybridized carbons (Fsp3) is 0.167. The molecule has 0 saturated heterocycles. The molecule has 0 spiro atoms. The lowest BCUT2D eigenvalue weighted by molar-refractivity contribution is 0.0940. The van der Waals surface area contributed by atoms with Gasteiger partial charge in [0.25, 0.3) is 5.91 Å². The van der Waals surface area contributed by atoms with Gasteiger partial charge in [-0.1, -0.05) is 12.1 Å². The van der Waals surface area contributed by atoms with E-state index >= 15 is 0 Å². The van der Waals surface area contributed by atoms with Crippen LogP contribution in [0.1, 0.15) is 28.9 Å². The highest BCUT2D eigenvalue weighted by molar-refractivity contribution is 5.94. The van der Waals surface area contributed by atoms with Crippen molar-refractivity contribution in [2.24, 2.45) is 0 Å². The Kier molecular flexibility index (Phi) is 4.56. The van der Waals surface area contributed by atoms with Gasteiger partial charge in [0.2, 0.25) is 0 Å². The molecule has 0 unspecified atom stereocenters. The third-order valence-corrected chi connectivity index (χ3v) is 3.78. The Morgan fingerprint density at radius 2 is 1.83 bits per heavy atom. The standard InChI is InChI=1S/C18H18N4O2/c1-13(21-18(23)15-5-9-17(24-2)10-6-15)14-3-7-16(8-4-14)22-12-19-11-20-22/h3-13H,1-2H3,(H,21,23)/t13-/m0/s1. The van der Waals surface area contributed by atoms with Crippen LogP contribution in [-0.4, -0.2) is 27.8 Å². The largest absolute Gasteiger partial charge is 0.497 e. The van der Waals surface area contributed by atoms with Crippen molar-refractivity contribution in [2.75, 3.05) is 7.11 Å². The monoisotopic (exact) mass is 322 g/mol. The molecule has 0 aliphatic rings. The second-order valence-corrected chi connectivity index (χ2v) is 5.36. The van der Waals surface area contributed by atoms with Crippen molar-refractivity contribution in [1.29, 1.82) is 0 Å². The summed E-state index contributed by atoms with van der Waals surface area (Å²) < 4.78 is 6.78. The number of carbonyl (C=O) groups excluding carboxylic acids is 1. The number of rotatable bonds is 5. The summed E-state index contributed by atoms with van der Waals surface area (Å²) in [5, 5.41) is 7.08. The van der Waals surface area contributed by atoms with Gasteiger partial charge in [0.1, 0.15) is 18.4 Å². The highest BCUT2D eigenvalue weighted by atomic mass is 16.5. The number of hydrogen-bond acceptors (Lipinski definition) is 4. The molecule has 6 heteroatoms. The number of aromatic nitrogens is 3. The zero-order valence-corrected chi connectivity index (χ0v) is 13.5. The van der Waals surface area contributed by atoms with Crippen LogP contribution >= 0.6 is 0 Å². The van der Waals surface area contributed by atoms with Crippen molar-refractivity contribution in [3.05, 3.63) is 72.3 Å². The van der Waals surface area contributed by atoms with Crippen LogP contribution < -0.4 is 10.1 Å². The Morgan fingerprint density at radius 1 is 1.12 bits per heavy atom. The summed E-state index contributed by atoms with van der Waals surface area (Å²) >= 11 is 0. The van der Waals surface area contributed by atoms with Gasteiger partial charge in [-0.25, -0.2) is 9.67 Å². The first-order chi connectivity index (χ1) is 11.7. The molecule has 0 saturated carbocycles. The summed E-state index contributed by atoms with van der Waals surface area (Å²) in [5.41, 5.74) is 2.53. The number of ether oxygens (including phenoxy) is 1. The first-order valence-corrected chi connectivity index (χ1v) is 7.57. The molecule has 3 rings (SSSR count). The lowest BCUT2D eigenvalue weighted by atomic mass is 10.1. The van der Waals surface area contributed by atoms with E-state index < -0.39 is 0 Å². The molecular weight excluding hydrogens is 304 g/mol. The molecule has 0 bridgehead atoms. The van der Waals surface area contributed by atoms with Crippen molar-refractivity contribution < 1.29 is 9.53 Å². The normalized spacial score (nSPS) is 11.8. The minimum Gasteiger partial charge on any atom is -0.497 e. The number of benzene rings is 2. The Labute approximate surface area is 140 Å². The smallest absolute Gasteiger partial charge is 0.251 e. The molecule has 0 aliphatic heterocycles. The molecule has 122 valence electrons. The summed E-state index contributed by atoms with van der Waals surface area (Å²) in [4.78, 5) is 16.2. The van der Waals surface area contributed by atoms with Crippen LogP contribution in [-0.2, 0) is 0 Å². The van der Waals surface area contributed by atoms with Gasteiger partial charge < -0.3 is 10.1 Å². The molecule has 3 aromatic rings. The maximum Gasteiger partial charge on any atom is 0.251 e. The van der Waals surface area contributed by atoms with Gasteiger partial charge in [-0.05, 0) is 48.9 Å². The zero-order valence-electron chi connectivity index (χ0n) is 13.5. The topological polar surface area (TPSA) is 69.0 Å². The van der Waals surface area contributed by atoms with E-state index in [0.29, 0.717) is 5.56 Å². The first-order valence-electron chi connectivity index (χ1n) is 7.57. The van der Waals surface area contributed by atoms with E-state index in [9.17, 15) is 4.79 Å². The molecule has 1 N–H and O–H groups in total. The lowest BCUT2D eigenvalue weighted by Crippen LogP contribution is -2.26. The Hall–Kier alpha value is -3.15. The minimum atomic E-state index is -0.120. The third-order valence-electron chi connectivity index (χ3n) is 3.78. The van der Waals surface area contributed by atoms with Gasteiger partial charge in [0.15, 0.2) is 0 Å². The fourth-order valence-corrected chi connectivity index (χ4v) is 2.36. The van der Waals surface area contributed by atoms with E-state index in [1.165, 1.54) is 6.33 Å². The number of carbonyl (C=O) groups is 1. The molecule has 1 amide bonds. The second-order valence-electron chi connectivity index (χ2n) is 5.36. The van der Waals surface area contributed by atoms with E-state index in [1.54, 1.807) is 42.4 Å². The van der Waals surface area contributed by atoms with Crippen molar-refractivity contribution in [1.82, 2.24) is 20.1 Å². The van der Waals surface area contributed by atoms with Crippen molar-refractivity contribution >= 4 is 5.91 Å². The summed E-state index contributed by atoms with van der Waals surface area (Å²) in [6, 6.07) is 14.7. The van der Waals surface area contributed by atoms with E-state index in [1.807, 2.05) is 31.2 Å². The van der Waals surface area contributed by atoms with Crippen LogP contribution in [0.2, 0.25) is 0 Å². The van der Waals surface area contributed by atoms with Crippen LogP contribution in [0.25, 0.3) is 5.69 Å². The average Bonchev–Trinajstić information content (AvgIpc) is 3.16. The SMILES string of the molecule is COc1ccc(C(=O)N[C@@H](C)c2ccc(-n3cncn3)cc2)cc1. The molecule has 24 heavy (non-hydrogen) atoms. The van der Waals surface area contributed by atoms with Crippen LogP contribution in [0.3, 0.4) is 0 Å². The van der Waals surface area contributed by atoms with Gasteiger partial charge in [-0.3, -0.25) is 4.79 Å². The van der Waals surface area contributed by atoms with Gasteiger partial charge >= 0.3 is 0 Å². The predicted molar refractivity (Wildman–Crippen MR) is 90.2 cm³/mol. The molecule has 0 radical (unpaired) electrons. The molecule has 1 heterocycles. The lowest BCUT2D eigenvalue weighted by Gasteiger charge is -2.15. The van der Waals surface area contributed by atoms with Crippen molar-refractivity contribution in [2.45, 2.75) is 13.0 Å². The van der Waals surface area contributed by atoms with Gasteiger partial charge in [0.05, 0.1) is 18.8 Å². The van der Waals surface area contributed by atoms with Crippen LogP contribution in [0, 0.1) is 0 Å². The second kappa shape index (κ2) is 6.95. The average molecular weight is 322 g/mol. The number of nitrogens with zero attached hydrogens (tertiary/aromatic N) is 3. The van der Waals surface area contributed by atoms with Crippen molar-refractivity contribution in [3.63, 3.8) is 0 Å². The van der Waals surface area contributed by atoms with Crippen LogP contribution in [0.15, 0.2) is 61.2 Å². The summed E-state index contributed by atoms with van der Waals surface area (Å²) in [5.74, 6) is 0.605. The van der Waals surface area contributed by atoms with Crippen molar-refractivity contribution in [3.8, 4) is 11.4 Å². The molecule has 0 aliphatic carbocycles. The number of hydrogen-bond donors (Lipinski definition) is 1. The van der Waals surface area contributed by atoms with E-state index in [-0.39, 0.29) is 11.9 Å². The zero-order chi connectivity index (χ0) is 16.9. The summed E-state index contributed by atoms with van der Waals surface area (Å²) in [6.07, 6.45) is 3.13. The number of amides is 1. The minimum absolute atomic E-state index is 0.107. The summed E-state index contributed by atoms with van der Waals surface area (Å²) in [6.45, 7) is 1.95. The first kappa shape index (κ1) is 15.7. The molecular formula is C18H18N4O2. The Morgan fingerprint density at radius 3 is 2.42 bits per heavy atom. The molecule has 6 nitrogen and oxygen atoms in total. The van der Waals surface area contributed by atoms with Gasteiger partial charge in [-0.15, -0.1) is 0 Å². The fourth-order valence-electron chi connectivity index (χ4n) is 2.36. The summed E-state index contributed by atoms with van der Waals surface area (Å²) in [7, 11) is 1.60. The van der Waals surface area contributed by atoms with E-state index in [0.717, 1.165) is 17.0 Å². The Bertz CT molecular complexity index is 796. The van der Waals surface area contributed by atoms with Crippen LogP contribution in [0.5, 0.6) is 5.75 Å². The quantitative estimate of drug-likeness (QED) is 0.784. The Balaban J connectivity index is 1.67. The van der Waals surface area contributed by atoms with Crippen LogP contribution in [0.4, 0.5) is 0 Å². The number of nitrogens with one attached hydrogen (secondary N) is 1. The maximum absolute atomic E-state index is 12.3. The van der Waals surface area contributed by atoms with E-state index in [2.05, 4.69) is 15.4 Å². The highest BCUT2D eigenvalue weighted by Crippen LogP contribution is 2.17. The maximum atomic E-state index is 12.3. The third kappa shape index (κ3) is 3.43.